The zero-order chi connectivity index (χ0) is 20.1. The first-order valence-corrected chi connectivity index (χ1v) is 10.2. The van der Waals surface area contributed by atoms with E-state index >= 15 is 0 Å². The summed E-state index contributed by atoms with van der Waals surface area (Å²) in [5.41, 5.74) is 4.31. The highest BCUT2D eigenvalue weighted by molar-refractivity contribution is 5.95. The number of anilines is 1. The van der Waals surface area contributed by atoms with Gasteiger partial charge < -0.3 is 10.2 Å². The molecule has 2 aromatic rings. The molecule has 0 spiro atoms. The first-order valence-electron chi connectivity index (χ1n) is 10.2. The van der Waals surface area contributed by atoms with Crippen molar-refractivity contribution in [1.29, 1.82) is 0 Å². The van der Waals surface area contributed by atoms with Gasteiger partial charge in [-0.2, -0.15) is 0 Å². The zero-order valence-corrected chi connectivity index (χ0v) is 17.1. The summed E-state index contributed by atoms with van der Waals surface area (Å²) in [7, 11) is 0. The summed E-state index contributed by atoms with van der Waals surface area (Å²) in [6, 6.07) is 16.2. The summed E-state index contributed by atoms with van der Waals surface area (Å²) >= 11 is 0. The van der Waals surface area contributed by atoms with Crippen molar-refractivity contribution in [3.05, 3.63) is 65.2 Å². The second kappa shape index (κ2) is 9.05. The molecule has 3 rings (SSSR count). The second-order valence-electron chi connectivity index (χ2n) is 8.12. The molecule has 0 saturated carbocycles. The molecule has 1 saturated heterocycles. The summed E-state index contributed by atoms with van der Waals surface area (Å²) in [6.07, 6.45) is 2.95. The number of carbonyl (C=O) groups excluding carboxylic acids is 2. The fraction of sp³-hybridized carbons (Fsp3) is 0.417. The van der Waals surface area contributed by atoms with Gasteiger partial charge in [0, 0.05) is 18.7 Å². The van der Waals surface area contributed by atoms with E-state index in [1.54, 1.807) is 0 Å². The van der Waals surface area contributed by atoms with Crippen molar-refractivity contribution in [3.63, 3.8) is 0 Å². The van der Waals surface area contributed by atoms with E-state index in [1.165, 1.54) is 5.56 Å². The fourth-order valence-electron chi connectivity index (χ4n) is 3.69. The van der Waals surface area contributed by atoms with Gasteiger partial charge in [0.25, 0.3) is 0 Å². The number of benzene rings is 2. The minimum absolute atomic E-state index is 0.00348. The molecule has 28 heavy (non-hydrogen) atoms. The highest BCUT2D eigenvalue weighted by Gasteiger charge is 2.21. The Kier molecular flexibility index (Phi) is 6.50. The van der Waals surface area contributed by atoms with Gasteiger partial charge in [0.1, 0.15) is 0 Å². The molecule has 1 aliphatic rings. The van der Waals surface area contributed by atoms with Gasteiger partial charge in [-0.1, -0.05) is 50.2 Å². The van der Waals surface area contributed by atoms with Crippen LogP contribution in [0.15, 0.2) is 48.5 Å². The average Bonchev–Trinajstić information content (AvgIpc) is 3.08. The topological polar surface area (TPSA) is 49.4 Å². The lowest BCUT2D eigenvalue weighted by atomic mass is 10.00. The maximum atomic E-state index is 12.4. The third kappa shape index (κ3) is 5.22. The van der Waals surface area contributed by atoms with Crippen LogP contribution in [0.1, 0.15) is 56.3 Å². The van der Waals surface area contributed by atoms with E-state index in [4.69, 9.17) is 0 Å². The summed E-state index contributed by atoms with van der Waals surface area (Å²) in [5, 5.41) is 3.08. The molecule has 1 aliphatic heterocycles. The molecular formula is C24H30N2O2. The van der Waals surface area contributed by atoms with Crippen LogP contribution >= 0.6 is 0 Å². The molecule has 2 aromatic carbocycles. The van der Waals surface area contributed by atoms with E-state index in [1.807, 2.05) is 36.1 Å². The van der Waals surface area contributed by atoms with Crippen LogP contribution in [-0.2, 0) is 22.4 Å². The molecular weight excluding hydrogens is 348 g/mol. The quantitative estimate of drug-likeness (QED) is 0.775. The highest BCUT2D eigenvalue weighted by atomic mass is 16.2. The number of amides is 2. The first-order chi connectivity index (χ1) is 13.4. The minimum Gasteiger partial charge on any atom is -0.349 e. The number of hydrogen-bond acceptors (Lipinski definition) is 2. The molecule has 4 heteroatoms. The van der Waals surface area contributed by atoms with Crippen LogP contribution in [0.25, 0.3) is 0 Å². The van der Waals surface area contributed by atoms with Gasteiger partial charge in [0.15, 0.2) is 0 Å². The van der Waals surface area contributed by atoms with Crippen LogP contribution in [0, 0.1) is 5.92 Å². The first kappa shape index (κ1) is 20.1. The number of hydrogen-bond donors (Lipinski definition) is 1. The molecule has 0 bridgehead atoms. The van der Waals surface area contributed by atoms with Crippen molar-refractivity contribution in [2.75, 3.05) is 11.4 Å². The number of nitrogens with zero attached hydrogens (tertiary/aromatic N) is 1. The Morgan fingerprint density at radius 2 is 1.64 bits per heavy atom. The third-order valence-electron chi connectivity index (χ3n) is 5.19. The fourth-order valence-corrected chi connectivity index (χ4v) is 3.69. The normalized spacial score (nSPS) is 15.1. The van der Waals surface area contributed by atoms with E-state index in [0.29, 0.717) is 18.8 Å². The molecule has 0 aromatic heterocycles. The Balaban J connectivity index is 1.54. The summed E-state index contributed by atoms with van der Waals surface area (Å²) < 4.78 is 0. The number of nitrogens with one attached hydrogen (secondary N) is 1. The van der Waals surface area contributed by atoms with Crippen LogP contribution in [0.5, 0.6) is 0 Å². The van der Waals surface area contributed by atoms with Gasteiger partial charge in [0.2, 0.25) is 11.8 Å². The summed E-state index contributed by atoms with van der Waals surface area (Å²) in [5.74, 6) is 0.820. The molecule has 1 N–H and O–H groups in total. The van der Waals surface area contributed by atoms with Crippen LogP contribution < -0.4 is 10.2 Å². The van der Waals surface area contributed by atoms with Crippen molar-refractivity contribution >= 4 is 17.5 Å². The van der Waals surface area contributed by atoms with Gasteiger partial charge in [-0.05, 0) is 54.5 Å². The van der Waals surface area contributed by atoms with Gasteiger partial charge in [-0.15, -0.1) is 0 Å². The second-order valence-corrected chi connectivity index (χ2v) is 8.12. The Morgan fingerprint density at radius 1 is 1.00 bits per heavy atom. The molecule has 4 nitrogen and oxygen atoms in total. The minimum atomic E-state index is -0.0258. The monoisotopic (exact) mass is 378 g/mol. The van der Waals surface area contributed by atoms with E-state index in [0.717, 1.165) is 36.2 Å². The lowest BCUT2D eigenvalue weighted by Gasteiger charge is -2.17. The van der Waals surface area contributed by atoms with Crippen LogP contribution in [0.2, 0.25) is 0 Å². The van der Waals surface area contributed by atoms with E-state index in [-0.39, 0.29) is 17.9 Å². The van der Waals surface area contributed by atoms with Crippen molar-refractivity contribution < 1.29 is 9.59 Å². The maximum absolute atomic E-state index is 12.4. The lowest BCUT2D eigenvalue weighted by Crippen LogP contribution is -2.28. The number of carbonyl (C=O) groups is 2. The highest BCUT2D eigenvalue weighted by Crippen LogP contribution is 2.22. The Bertz CT molecular complexity index is 810. The molecule has 2 amide bonds. The average molecular weight is 379 g/mol. The smallest absolute Gasteiger partial charge is 0.227 e. The largest absolute Gasteiger partial charge is 0.349 e. The lowest BCUT2D eigenvalue weighted by molar-refractivity contribution is -0.121. The zero-order valence-electron chi connectivity index (χ0n) is 17.1. The molecule has 1 atom stereocenters. The summed E-state index contributed by atoms with van der Waals surface area (Å²) in [6.45, 7) is 7.22. The van der Waals surface area contributed by atoms with Gasteiger partial charge >= 0.3 is 0 Å². The number of rotatable bonds is 7. The summed E-state index contributed by atoms with van der Waals surface area (Å²) in [4.78, 5) is 26.1. The Morgan fingerprint density at radius 3 is 2.21 bits per heavy atom. The van der Waals surface area contributed by atoms with E-state index in [9.17, 15) is 9.59 Å². The molecule has 0 unspecified atom stereocenters. The molecule has 1 heterocycles. The predicted octanol–water partition coefficient (Wildman–Crippen LogP) is 4.43. The predicted molar refractivity (Wildman–Crippen MR) is 113 cm³/mol. The van der Waals surface area contributed by atoms with E-state index < -0.39 is 0 Å². The van der Waals surface area contributed by atoms with Crippen molar-refractivity contribution in [2.45, 2.75) is 52.5 Å². The van der Waals surface area contributed by atoms with Crippen molar-refractivity contribution in [3.8, 4) is 0 Å². The van der Waals surface area contributed by atoms with Crippen LogP contribution in [0.4, 0.5) is 5.69 Å². The molecule has 0 radical (unpaired) electrons. The third-order valence-corrected chi connectivity index (χ3v) is 5.19. The van der Waals surface area contributed by atoms with Crippen molar-refractivity contribution in [2.24, 2.45) is 5.92 Å². The van der Waals surface area contributed by atoms with Crippen LogP contribution in [-0.4, -0.2) is 18.4 Å². The van der Waals surface area contributed by atoms with Crippen LogP contribution in [0.3, 0.4) is 0 Å². The SMILES string of the molecule is CC(C)Cc1ccc([C@H](C)NC(=O)Cc2ccc(N3CCCC3=O)cc2)cc1. The molecule has 148 valence electrons. The molecule has 0 aliphatic carbocycles. The Hall–Kier alpha value is -2.62. The van der Waals surface area contributed by atoms with Gasteiger partial charge in [0.05, 0.1) is 12.5 Å². The standard InChI is InChI=1S/C24H30N2O2/c1-17(2)15-19-6-10-21(11-7-19)18(3)25-23(27)16-20-8-12-22(13-9-20)26-14-4-5-24(26)28/h6-13,17-18H,4-5,14-16H2,1-3H3,(H,25,27)/t18-/m0/s1. The maximum Gasteiger partial charge on any atom is 0.227 e. The van der Waals surface area contributed by atoms with E-state index in [2.05, 4.69) is 43.4 Å². The molecule has 1 fully saturated rings. The van der Waals surface area contributed by atoms with Gasteiger partial charge in [-0.25, -0.2) is 0 Å². The Labute approximate surface area is 167 Å². The van der Waals surface area contributed by atoms with Gasteiger partial charge in [-0.3, -0.25) is 9.59 Å². The van der Waals surface area contributed by atoms with Crippen molar-refractivity contribution in [1.82, 2.24) is 5.32 Å².